The average molecular weight is 315 g/mol. The van der Waals surface area contributed by atoms with E-state index in [9.17, 15) is 13.2 Å². The number of alkyl halides is 3. The molecule has 2 rings (SSSR count). The van der Waals surface area contributed by atoms with Gasteiger partial charge < -0.3 is 14.6 Å². The van der Waals surface area contributed by atoms with Gasteiger partial charge in [0.15, 0.2) is 0 Å². The van der Waals surface area contributed by atoms with Crippen LogP contribution in [0.3, 0.4) is 0 Å². The SMILES string of the molecule is Cc1noc(C)c1CCCNc1ccc(OC(F)(F)F)cn1. The molecule has 0 atom stereocenters. The molecule has 0 aromatic carbocycles. The smallest absolute Gasteiger partial charge is 0.404 e. The number of pyridine rings is 1. The van der Waals surface area contributed by atoms with Crippen LogP contribution >= 0.6 is 0 Å². The third-order valence-electron chi connectivity index (χ3n) is 3.06. The predicted octanol–water partition coefficient (Wildman–Crippen LogP) is 3.63. The van der Waals surface area contributed by atoms with Crippen molar-refractivity contribution in [3.8, 4) is 5.75 Å². The molecule has 0 unspecified atom stereocenters. The zero-order chi connectivity index (χ0) is 16.2. The number of rotatable bonds is 6. The van der Waals surface area contributed by atoms with Gasteiger partial charge >= 0.3 is 6.36 Å². The van der Waals surface area contributed by atoms with Crippen molar-refractivity contribution in [2.24, 2.45) is 0 Å². The Morgan fingerprint density at radius 3 is 2.59 bits per heavy atom. The van der Waals surface area contributed by atoms with Crippen molar-refractivity contribution in [2.45, 2.75) is 33.1 Å². The molecule has 0 aliphatic rings. The molecule has 0 saturated heterocycles. The highest BCUT2D eigenvalue weighted by Gasteiger charge is 2.31. The van der Waals surface area contributed by atoms with Gasteiger partial charge in [0.05, 0.1) is 11.9 Å². The number of ether oxygens (including phenoxy) is 1. The monoisotopic (exact) mass is 315 g/mol. The van der Waals surface area contributed by atoms with Crippen molar-refractivity contribution in [3.63, 3.8) is 0 Å². The summed E-state index contributed by atoms with van der Waals surface area (Å²) in [4.78, 5) is 3.87. The summed E-state index contributed by atoms with van der Waals surface area (Å²) < 4.78 is 44.9. The number of anilines is 1. The summed E-state index contributed by atoms with van der Waals surface area (Å²) in [7, 11) is 0. The molecule has 2 heterocycles. The zero-order valence-electron chi connectivity index (χ0n) is 12.2. The predicted molar refractivity (Wildman–Crippen MR) is 73.7 cm³/mol. The Morgan fingerprint density at radius 1 is 1.27 bits per heavy atom. The molecular weight excluding hydrogens is 299 g/mol. The van der Waals surface area contributed by atoms with Gasteiger partial charge in [-0.05, 0) is 38.8 Å². The minimum atomic E-state index is -4.70. The van der Waals surface area contributed by atoms with Crippen LogP contribution in [0.5, 0.6) is 5.75 Å². The van der Waals surface area contributed by atoms with Crippen molar-refractivity contribution in [2.75, 3.05) is 11.9 Å². The van der Waals surface area contributed by atoms with Gasteiger partial charge in [0.1, 0.15) is 17.3 Å². The van der Waals surface area contributed by atoms with Crippen LogP contribution < -0.4 is 10.1 Å². The number of nitrogens with one attached hydrogen (secondary N) is 1. The van der Waals surface area contributed by atoms with Gasteiger partial charge in [0.25, 0.3) is 0 Å². The quantitative estimate of drug-likeness (QED) is 0.825. The molecular formula is C14H16F3N3O2. The topological polar surface area (TPSA) is 60.2 Å². The normalized spacial score (nSPS) is 11.5. The van der Waals surface area contributed by atoms with Crippen LogP contribution in [0.15, 0.2) is 22.9 Å². The lowest BCUT2D eigenvalue weighted by molar-refractivity contribution is -0.274. The summed E-state index contributed by atoms with van der Waals surface area (Å²) in [6.45, 7) is 4.39. The Morgan fingerprint density at radius 2 is 2.05 bits per heavy atom. The highest BCUT2D eigenvalue weighted by atomic mass is 19.4. The van der Waals surface area contributed by atoms with Crippen molar-refractivity contribution in [3.05, 3.63) is 35.3 Å². The van der Waals surface area contributed by atoms with Crippen LogP contribution in [0.4, 0.5) is 19.0 Å². The summed E-state index contributed by atoms with van der Waals surface area (Å²) in [5.74, 6) is 0.964. The average Bonchev–Trinajstić information content (AvgIpc) is 2.75. The number of halogens is 3. The second-order valence-corrected chi connectivity index (χ2v) is 4.76. The maximum Gasteiger partial charge on any atom is 0.573 e. The molecule has 0 aliphatic carbocycles. The molecule has 22 heavy (non-hydrogen) atoms. The van der Waals surface area contributed by atoms with E-state index in [1.165, 1.54) is 12.1 Å². The summed E-state index contributed by atoms with van der Waals surface area (Å²) in [6.07, 6.45) is -2.04. The highest BCUT2D eigenvalue weighted by Crippen LogP contribution is 2.22. The third kappa shape index (κ3) is 4.64. The standard InChI is InChI=1S/C14H16F3N3O2/c1-9-12(10(2)22-20-9)4-3-7-18-13-6-5-11(8-19-13)21-14(15,16)17/h5-6,8H,3-4,7H2,1-2H3,(H,18,19). The Kier molecular flexibility index (Phi) is 4.89. The molecule has 5 nitrogen and oxygen atoms in total. The molecule has 8 heteroatoms. The number of nitrogens with zero attached hydrogens (tertiary/aromatic N) is 2. The van der Waals surface area contributed by atoms with Gasteiger partial charge in [0, 0.05) is 12.1 Å². The van der Waals surface area contributed by atoms with Gasteiger partial charge in [-0.1, -0.05) is 5.16 Å². The number of hydrogen-bond acceptors (Lipinski definition) is 5. The lowest BCUT2D eigenvalue weighted by atomic mass is 10.1. The third-order valence-corrected chi connectivity index (χ3v) is 3.06. The Hall–Kier alpha value is -2.25. The fraction of sp³-hybridized carbons (Fsp3) is 0.429. The maximum atomic E-state index is 12.0. The van der Waals surface area contributed by atoms with Crippen molar-refractivity contribution < 1.29 is 22.4 Å². The zero-order valence-corrected chi connectivity index (χ0v) is 12.2. The van der Waals surface area contributed by atoms with E-state index in [1.807, 2.05) is 13.8 Å². The van der Waals surface area contributed by atoms with Gasteiger partial charge in [-0.3, -0.25) is 0 Å². The summed E-state index contributed by atoms with van der Waals surface area (Å²) in [5.41, 5.74) is 1.97. The molecule has 0 bridgehead atoms. The van der Waals surface area contributed by atoms with Crippen LogP contribution in [0.25, 0.3) is 0 Å². The number of aryl methyl sites for hydroxylation is 2. The van der Waals surface area contributed by atoms with E-state index in [4.69, 9.17) is 4.52 Å². The summed E-state index contributed by atoms with van der Waals surface area (Å²) in [5, 5.41) is 6.92. The summed E-state index contributed by atoms with van der Waals surface area (Å²) in [6, 6.07) is 2.66. The molecule has 0 amide bonds. The number of aromatic nitrogens is 2. The Labute approximate surface area is 125 Å². The van der Waals surface area contributed by atoms with E-state index >= 15 is 0 Å². The Balaban J connectivity index is 1.78. The fourth-order valence-electron chi connectivity index (χ4n) is 2.02. The molecule has 0 radical (unpaired) electrons. The Bertz CT molecular complexity index is 589. The molecule has 0 fully saturated rings. The van der Waals surface area contributed by atoms with E-state index < -0.39 is 6.36 Å². The fourth-order valence-corrected chi connectivity index (χ4v) is 2.02. The van der Waals surface area contributed by atoms with E-state index in [2.05, 4.69) is 20.2 Å². The van der Waals surface area contributed by atoms with Crippen molar-refractivity contribution >= 4 is 5.82 Å². The second-order valence-electron chi connectivity index (χ2n) is 4.76. The first kappa shape index (κ1) is 16.1. The van der Waals surface area contributed by atoms with E-state index in [1.54, 1.807) is 0 Å². The van der Waals surface area contributed by atoms with Crippen LogP contribution in [0.1, 0.15) is 23.4 Å². The second kappa shape index (κ2) is 6.67. The minimum absolute atomic E-state index is 0.339. The van der Waals surface area contributed by atoms with Crippen LogP contribution in [0, 0.1) is 13.8 Å². The van der Waals surface area contributed by atoms with Gasteiger partial charge in [-0.15, -0.1) is 13.2 Å². The number of hydrogen-bond donors (Lipinski definition) is 1. The minimum Gasteiger partial charge on any atom is -0.404 e. The van der Waals surface area contributed by atoms with Crippen LogP contribution in [-0.4, -0.2) is 23.0 Å². The lowest BCUT2D eigenvalue weighted by Gasteiger charge is -2.09. The van der Waals surface area contributed by atoms with E-state index in [0.717, 1.165) is 36.1 Å². The van der Waals surface area contributed by atoms with Gasteiger partial charge in [-0.2, -0.15) is 0 Å². The first-order chi connectivity index (χ1) is 10.3. The lowest BCUT2D eigenvalue weighted by Crippen LogP contribution is -2.17. The maximum absolute atomic E-state index is 12.0. The van der Waals surface area contributed by atoms with Gasteiger partial charge in [-0.25, -0.2) is 4.98 Å². The van der Waals surface area contributed by atoms with Crippen molar-refractivity contribution in [1.29, 1.82) is 0 Å². The summed E-state index contributed by atoms with van der Waals surface area (Å²) >= 11 is 0. The van der Waals surface area contributed by atoms with E-state index in [-0.39, 0.29) is 5.75 Å². The van der Waals surface area contributed by atoms with E-state index in [0.29, 0.717) is 12.4 Å². The highest BCUT2D eigenvalue weighted by molar-refractivity contribution is 5.37. The largest absolute Gasteiger partial charge is 0.573 e. The molecule has 0 spiro atoms. The molecule has 2 aromatic rings. The van der Waals surface area contributed by atoms with Crippen LogP contribution in [-0.2, 0) is 6.42 Å². The molecule has 2 aromatic heterocycles. The van der Waals surface area contributed by atoms with Crippen LogP contribution in [0.2, 0.25) is 0 Å². The molecule has 0 saturated carbocycles. The molecule has 0 aliphatic heterocycles. The molecule has 1 N–H and O–H groups in total. The first-order valence-electron chi connectivity index (χ1n) is 6.72. The molecule has 120 valence electrons. The van der Waals surface area contributed by atoms with Crippen molar-refractivity contribution in [1.82, 2.24) is 10.1 Å². The van der Waals surface area contributed by atoms with Gasteiger partial charge in [0.2, 0.25) is 0 Å². The first-order valence-corrected chi connectivity index (χ1v) is 6.72.